The third-order valence-corrected chi connectivity index (χ3v) is 7.66. The van der Waals surface area contributed by atoms with Crippen LogP contribution in [0.15, 0.2) is 53.6 Å². The average Bonchev–Trinajstić information content (AvgIpc) is 3.43. The summed E-state index contributed by atoms with van der Waals surface area (Å²) >= 11 is 0. The summed E-state index contributed by atoms with van der Waals surface area (Å²) in [5.74, 6) is -1.41. The molecule has 1 atom stereocenters. The first-order chi connectivity index (χ1) is 15.4. The van der Waals surface area contributed by atoms with E-state index in [0.29, 0.717) is 0 Å². The number of amides is 1. The number of aromatic nitrogens is 1. The van der Waals surface area contributed by atoms with Crippen molar-refractivity contribution in [1.29, 1.82) is 0 Å². The molecule has 0 aliphatic heterocycles. The molecule has 0 bridgehead atoms. The first kappa shape index (κ1) is 22.1. The highest BCUT2D eigenvalue weighted by molar-refractivity contribution is 7.91. The molecular weight excluding hydrogens is 428 g/mol. The highest BCUT2D eigenvalue weighted by atomic mass is 32.2. The Kier molecular flexibility index (Phi) is 6.32. The summed E-state index contributed by atoms with van der Waals surface area (Å²) in [6.07, 6.45) is 4.69. The van der Waals surface area contributed by atoms with Crippen LogP contribution >= 0.6 is 0 Å². The van der Waals surface area contributed by atoms with Crippen molar-refractivity contribution in [2.45, 2.75) is 43.0 Å². The van der Waals surface area contributed by atoms with E-state index in [9.17, 15) is 18.0 Å². The van der Waals surface area contributed by atoms with Gasteiger partial charge in [0.05, 0.1) is 17.8 Å². The molecule has 0 spiro atoms. The van der Waals surface area contributed by atoms with Crippen LogP contribution in [0.5, 0.6) is 0 Å². The summed E-state index contributed by atoms with van der Waals surface area (Å²) in [4.78, 5) is 28.2. The third-order valence-electron chi connectivity index (χ3n) is 5.95. The number of aromatic amines is 1. The molecule has 0 fully saturated rings. The molecule has 168 valence electrons. The van der Waals surface area contributed by atoms with Crippen molar-refractivity contribution in [3.05, 3.63) is 65.4 Å². The summed E-state index contributed by atoms with van der Waals surface area (Å²) < 4.78 is 30.3. The third kappa shape index (κ3) is 4.70. The Morgan fingerprint density at radius 3 is 2.72 bits per heavy atom. The molecule has 0 saturated heterocycles. The molecule has 1 aromatic heterocycles. The molecule has 8 heteroatoms. The van der Waals surface area contributed by atoms with E-state index in [2.05, 4.69) is 10.3 Å². The Morgan fingerprint density at radius 1 is 1.12 bits per heavy atom. The number of aryl methyl sites for hydroxylation is 2. The Hall–Kier alpha value is -3.13. The molecule has 3 aromatic rings. The Morgan fingerprint density at radius 2 is 1.91 bits per heavy atom. The molecule has 32 heavy (non-hydrogen) atoms. The Balaban J connectivity index is 1.41. The topological polar surface area (TPSA) is 105 Å². The fourth-order valence-electron chi connectivity index (χ4n) is 4.21. The van der Waals surface area contributed by atoms with Crippen LogP contribution in [-0.2, 0) is 43.4 Å². The highest BCUT2D eigenvalue weighted by Crippen LogP contribution is 2.25. The van der Waals surface area contributed by atoms with Crippen LogP contribution in [-0.4, -0.2) is 44.2 Å². The monoisotopic (exact) mass is 454 g/mol. The van der Waals surface area contributed by atoms with Crippen LogP contribution in [0.2, 0.25) is 0 Å². The van der Waals surface area contributed by atoms with Gasteiger partial charge in [0.25, 0.3) is 0 Å². The van der Waals surface area contributed by atoms with E-state index in [-0.39, 0.29) is 23.5 Å². The smallest absolute Gasteiger partial charge is 0.328 e. The summed E-state index contributed by atoms with van der Waals surface area (Å²) in [6.45, 7) is 0. The number of methoxy groups -OCH3 is 1. The van der Waals surface area contributed by atoms with Crippen molar-refractivity contribution >= 4 is 32.6 Å². The van der Waals surface area contributed by atoms with E-state index in [1.165, 1.54) is 12.7 Å². The van der Waals surface area contributed by atoms with E-state index in [0.717, 1.165) is 41.3 Å². The maximum absolute atomic E-state index is 12.7. The lowest BCUT2D eigenvalue weighted by molar-refractivity contribution is -0.145. The number of para-hydroxylation sites is 1. The second-order valence-electron chi connectivity index (χ2n) is 8.06. The summed E-state index contributed by atoms with van der Waals surface area (Å²) in [5, 5.41) is 3.60. The van der Waals surface area contributed by atoms with Gasteiger partial charge in [0, 0.05) is 29.9 Å². The number of carbonyl (C=O) groups is 2. The number of ether oxygens (including phenoxy) is 1. The zero-order chi connectivity index (χ0) is 22.7. The molecule has 0 unspecified atom stereocenters. The lowest BCUT2D eigenvalue weighted by atomic mass is 10.0. The minimum atomic E-state index is -3.60. The molecule has 2 aromatic carbocycles. The minimum Gasteiger partial charge on any atom is -0.467 e. The summed E-state index contributed by atoms with van der Waals surface area (Å²) in [7, 11) is -2.34. The quantitative estimate of drug-likeness (QED) is 0.509. The number of carbonyl (C=O) groups excluding carboxylic acids is 2. The number of hydrogen-bond donors (Lipinski definition) is 2. The van der Waals surface area contributed by atoms with E-state index in [1.54, 1.807) is 18.3 Å². The van der Waals surface area contributed by atoms with Gasteiger partial charge in [0.2, 0.25) is 5.91 Å². The fraction of sp³-hybridized carbons (Fsp3) is 0.333. The number of fused-ring (bicyclic) bond motifs is 2. The first-order valence-electron chi connectivity index (χ1n) is 10.6. The molecule has 1 heterocycles. The van der Waals surface area contributed by atoms with Crippen molar-refractivity contribution in [2.75, 3.05) is 12.9 Å². The number of nitrogens with one attached hydrogen (secondary N) is 2. The molecule has 7 nitrogen and oxygen atoms in total. The van der Waals surface area contributed by atoms with Crippen LogP contribution in [0.3, 0.4) is 0 Å². The molecule has 2 N–H and O–H groups in total. The zero-order valence-corrected chi connectivity index (χ0v) is 18.7. The van der Waals surface area contributed by atoms with Gasteiger partial charge < -0.3 is 15.0 Å². The van der Waals surface area contributed by atoms with Crippen molar-refractivity contribution in [2.24, 2.45) is 0 Å². The van der Waals surface area contributed by atoms with E-state index >= 15 is 0 Å². The maximum Gasteiger partial charge on any atom is 0.328 e. The van der Waals surface area contributed by atoms with E-state index in [4.69, 9.17) is 4.74 Å². The summed E-state index contributed by atoms with van der Waals surface area (Å²) in [5.41, 5.74) is 4.06. The van der Waals surface area contributed by atoms with Gasteiger partial charge in [0.1, 0.15) is 6.04 Å². The van der Waals surface area contributed by atoms with Gasteiger partial charge in [-0.1, -0.05) is 24.3 Å². The van der Waals surface area contributed by atoms with Crippen LogP contribution in [0.25, 0.3) is 10.9 Å². The number of H-pyrrole nitrogens is 1. The number of esters is 1. The van der Waals surface area contributed by atoms with E-state index < -0.39 is 27.8 Å². The molecule has 1 aliphatic rings. The van der Waals surface area contributed by atoms with Crippen molar-refractivity contribution in [3.8, 4) is 0 Å². The lowest BCUT2D eigenvalue weighted by Gasteiger charge is -2.16. The second-order valence-corrected chi connectivity index (χ2v) is 10.2. The molecule has 1 amide bonds. The van der Waals surface area contributed by atoms with Crippen molar-refractivity contribution in [1.82, 2.24) is 10.3 Å². The standard InChI is InChI=1S/C24H26N2O5S/c1-31-24(28)22(14-18-15-25-21-8-3-2-7-20(18)21)26-23(27)11-12-32(29,30)19-10-9-16-5-4-6-17(16)13-19/h2-3,7-10,13,15,22,25H,4-6,11-12,14H2,1H3,(H,26,27)/t22-/m1/s1. The van der Waals surface area contributed by atoms with Gasteiger partial charge in [-0.15, -0.1) is 0 Å². The zero-order valence-electron chi connectivity index (χ0n) is 17.9. The number of hydrogen-bond acceptors (Lipinski definition) is 5. The van der Waals surface area contributed by atoms with Crippen molar-refractivity contribution < 1.29 is 22.7 Å². The average molecular weight is 455 g/mol. The van der Waals surface area contributed by atoms with E-state index in [1.807, 2.05) is 30.3 Å². The largest absolute Gasteiger partial charge is 0.467 e. The second kappa shape index (κ2) is 9.16. The predicted octanol–water partition coefficient (Wildman–Crippen LogP) is 2.72. The minimum absolute atomic E-state index is 0.235. The number of sulfone groups is 1. The fourth-order valence-corrected chi connectivity index (χ4v) is 5.50. The summed E-state index contributed by atoms with van der Waals surface area (Å²) in [6, 6.07) is 12.0. The van der Waals surface area contributed by atoms with Crippen molar-refractivity contribution in [3.63, 3.8) is 0 Å². The molecular formula is C24H26N2O5S. The van der Waals surface area contributed by atoms with Crippen LogP contribution < -0.4 is 5.32 Å². The predicted molar refractivity (Wildman–Crippen MR) is 121 cm³/mol. The first-order valence-corrected chi connectivity index (χ1v) is 12.3. The molecule has 0 saturated carbocycles. The molecule has 1 aliphatic carbocycles. The Labute approximate surface area is 187 Å². The normalized spacial score (nSPS) is 14.2. The van der Waals surface area contributed by atoms with Gasteiger partial charge in [-0.2, -0.15) is 0 Å². The SMILES string of the molecule is COC(=O)[C@@H](Cc1c[nH]c2ccccc12)NC(=O)CCS(=O)(=O)c1ccc2c(c1)CCC2. The highest BCUT2D eigenvalue weighted by Gasteiger charge is 2.25. The van der Waals surface area contributed by atoms with Crippen LogP contribution in [0.1, 0.15) is 29.5 Å². The number of rotatable bonds is 8. The van der Waals surface area contributed by atoms with Gasteiger partial charge in [-0.25, -0.2) is 13.2 Å². The lowest BCUT2D eigenvalue weighted by Crippen LogP contribution is -2.43. The molecule has 0 radical (unpaired) electrons. The molecule has 4 rings (SSSR count). The number of benzene rings is 2. The van der Waals surface area contributed by atoms with Gasteiger partial charge in [-0.3, -0.25) is 4.79 Å². The maximum atomic E-state index is 12.7. The van der Waals surface area contributed by atoms with Crippen LogP contribution in [0, 0.1) is 0 Å². The van der Waals surface area contributed by atoms with Crippen LogP contribution in [0.4, 0.5) is 0 Å². The van der Waals surface area contributed by atoms with Gasteiger partial charge >= 0.3 is 5.97 Å². The van der Waals surface area contributed by atoms with Gasteiger partial charge in [-0.05, 0) is 54.2 Å². The Bertz CT molecular complexity index is 1260. The van der Waals surface area contributed by atoms with Gasteiger partial charge in [0.15, 0.2) is 9.84 Å².